The summed E-state index contributed by atoms with van der Waals surface area (Å²) < 4.78 is 10.3. The van der Waals surface area contributed by atoms with E-state index in [2.05, 4.69) is 18.2 Å². The number of methoxy groups -OCH3 is 1. The minimum Gasteiger partial charge on any atom is -0.496 e. The van der Waals surface area contributed by atoms with Gasteiger partial charge in [-0.2, -0.15) is 0 Å². The summed E-state index contributed by atoms with van der Waals surface area (Å²) in [5.74, 6) is 0.731. The Hall–Kier alpha value is -2.03. The maximum Gasteiger partial charge on any atom is 0.174 e. The van der Waals surface area contributed by atoms with Crippen molar-refractivity contribution in [2.45, 2.75) is 6.92 Å². The van der Waals surface area contributed by atoms with Crippen molar-refractivity contribution in [3.63, 3.8) is 0 Å². The molecule has 0 aromatic heterocycles. The fraction of sp³-hybridized carbons (Fsp3) is 0.214. The predicted molar refractivity (Wildman–Crippen MR) is 73.0 cm³/mol. The van der Waals surface area contributed by atoms with Crippen molar-refractivity contribution in [3.05, 3.63) is 36.4 Å². The molecule has 0 saturated heterocycles. The Bertz CT molecular complexity index is 436. The summed E-state index contributed by atoms with van der Waals surface area (Å²) in [6.07, 6.45) is 4.91. The van der Waals surface area contributed by atoms with Crippen LogP contribution in [0.3, 0.4) is 0 Å². The van der Waals surface area contributed by atoms with Crippen molar-refractivity contribution in [2.75, 3.05) is 13.7 Å². The molecule has 1 aromatic carbocycles. The van der Waals surface area contributed by atoms with E-state index in [1.54, 1.807) is 19.3 Å². The number of hydrogen-bond donors (Lipinski definition) is 0. The largest absolute Gasteiger partial charge is 0.496 e. The lowest BCUT2D eigenvalue weighted by atomic mass is 10.1. The van der Waals surface area contributed by atoms with Gasteiger partial charge in [-0.05, 0) is 13.0 Å². The van der Waals surface area contributed by atoms with E-state index in [9.17, 15) is 0 Å². The number of aliphatic imine (C=N–C) groups is 1. The molecule has 0 aliphatic heterocycles. The first kappa shape index (κ1) is 13.0. The van der Waals surface area contributed by atoms with E-state index < -0.39 is 0 Å². The second-order valence-corrected chi connectivity index (χ2v) is 3.25. The lowest BCUT2D eigenvalue weighted by molar-refractivity contribution is 0.344. The van der Waals surface area contributed by atoms with Gasteiger partial charge in [-0.3, -0.25) is 0 Å². The van der Waals surface area contributed by atoms with Crippen molar-refractivity contribution in [1.82, 2.24) is 0 Å². The molecule has 1 aromatic rings. The highest BCUT2D eigenvalue weighted by atomic mass is 16.5. The maximum atomic E-state index is 5.26. The minimum atomic E-state index is 0.592. The van der Waals surface area contributed by atoms with Gasteiger partial charge in [-0.1, -0.05) is 25.3 Å². The van der Waals surface area contributed by atoms with Gasteiger partial charge in [0, 0.05) is 17.2 Å². The van der Waals surface area contributed by atoms with Gasteiger partial charge in [0.1, 0.15) is 5.75 Å². The molecule has 3 nitrogen and oxygen atoms in total. The van der Waals surface area contributed by atoms with Crippen LogP contribution in [0.25, 0.3) is 12.2 Å². The fourth-order valence-electron chi connectivity index (χ4n) is 1.38. The van der Waals surface area contributed by atoms with E-state index in [1.165, 1.54) is 6.40 Å². The Kier molecular flexibility index (Phi) is 5.01. The molecule has 0 heterocycles. The molecule has 3 heteroatoms. The van der Waals surface area contributed by atoms with Crippen LogP contribution in [0.5, 0.6) is 5.75 Å². The van der Waals surface area contributed by atoms with Crippen LogP contribution >= 0.6 is 0 Å². The molecular weight excluding hydrogens is 214 g/mol. The summed E-state index contributed by atoms with van der Waals surface area (Å²) in [7, 11) is 1.62. The van der Waals surface area contributed by atoms with Gasteiger partial charge in [-0.15, -0.1) is 0 Å². The summed E-state index contributed by atoms with van der Waals surface area (Å²) in [6.45, 7) is 10.0. The molecular formula is C14H17NO2. The van der Waals surface area contributed by atoms with Crippen molar-refractivity contribution >= 4 is 24.2 Å². The van der Waals surface area contributed by atoms with Crippen LogP contribution in [0, 0.1) is 0 Å². The topological polar surface area (TPSA) is 30.8 Å². The highest BCUT2D eigenvalue weighted by Gasteiger charge is 2.05. The molecule has 0 bridgehead atoms. The molecule has 0 atom stereocenters. The number of rotatable bonds is 6. The molecule has 0 spiro atoms. The fourth-order valence-corrected chi connectivity index (χ4v) is 1.38. The van der Waals surface area contributed by atoms with E-state index in [-0.39, 0.29) is 0 Å². The van der Waals surface area contributed by atoms with Gasteiger partial charge in [0.25, 0.3) is 0 Å². The van der Waals surface area contributed by atoms with Gasteiger partial charge in [0.05, 0.1) is 19.4 Å². The molecule has 0 aliphatic rings. The van der Waals surface area contributed by atoms with Gasteiger partial charge < -0.3 is 9.47 Å². The highest BCUT2D eigenvalue weighted by Crippen LogP contribution is 2.30. The third-order valence-electron chi connectivity index (χ3n) is 2.25. The molecule has 0 aliphatic carbocycles. The minimum absolute atomic E-state index is 0.592. The zero-order valence-electron chi connectivity index (χ0n) is 10.3. The third kappa shape index (κ3) is 3.21. The van der Waals surface area contributed by atoms with E-state index in [4.69, 9.17) is 9.47 Å². The highest BCUT2D eigenvalue weighted by molar-refractivity contribution is 5.73. The summed E-state index contributed by atoms with van der Waals surface area (Å²) in [5.41, 5.74) is 2.59. The van der Waals surface area contributed by atoms with Crippen LogP contribution in [0.2, 0.25) is 0 Å². The van der Waals surface area contributed by atoms with Crippen LogP contribution in [-0.2, 0) is 4.74 Å². The number of benzene rings is 1. The zero-order valence-corrected chi connectivity index (χ0v) is 10.3. The van der Waals surface area contributed by atoms with E-state index in [0.717, 1.165) is 22.6 Å². The van der Waals surface area contributed by atoms with Crippen molar-refractivity contribution in [2.24, 2.45) is 4.99 Å². The Balaban J connectivity index is 3.18. The first-order chi connectivity index (χ1) is 8.26. The standard InChI is InChI=1S/C14H17NO2/c1-5-11-8-12(6-2)14(16-4)9-13(11)15-10-17-7-3/h5-6,8-10H,1-2,7H2,3-4H3/b15-10+. The summed E-state index contributed by atoms with van der Waals surface area (Å²) in [5, 5.41) is 0. The smallest absolute Gasteiger partial charge is 0.174 e. The van der Waals surface area contributed by atoms with Crippen molar-refractivity contribution in [3.8, 4) is 5.75 Å². The molecule has 90 valence electrons. The third-order valence-corrected chi connectivity index (χ3v) is 2.25. The van der Waals surface area contributed by atoms with Crippen LogP contribution in [0.4, 0.5) is 5.69 Å². The normalized spacial score (nSPS) is 10.2. The zero-order chi connectivity index (χ0) is 12.7. The molecule has 0 radical (unpaired) electrons. The van der Waals surface area contributed by atoms with Crippen LogP contribution < -0.4 is 4.74 Å². The predicted octanol–water partition coefficient (Wildman–Crippen LogP) is 3.68. The molecule has 0 amide bonds. The Labute approximate surface area is 102 Å². The van der Waals surface area contributed by atoms with Crippen LogP contribution in [0.15, 0.2) is 30.3 Å². The van der Waals surface area contributed by atoms with Gasteiger partial charge in [-0.25, -0.2) is 4.99 Å². The number of ether oxygens (including phenoxy) is 2. The first-order valence-corrected chi connectivity index (χ1v) is 5.37. The second kappa shape index (κ2) is 6.53. The average Bonchev–Trinajstić information content (AvgIpc) is 2.38. The molecule has 17 heavy (non-hydrogen) atoms. The number of nitrogens with zero attached hydrogens (tertiary/aromatic N) is 1. The van der Waals surface area contributed by atoms with Crippen molar-refractivity contribution in [1.29, 1.82) is 0 Å². The first-order valence-electron chi connectivity index (χ1n) is 5.37. The molecule has 0 fully saturated rings. The van der Waals surface area contributed by atoms with Gasteiger partial charge in [0.15, 0.2) is 6.40 Å². The molecule has 0 N–H and O–H groups in total. The number of hydrogen-bond acceptors (Lipinski definition) is 3. The Morgan fingerprint density at radius 2 is 1.94 bits per heavy atom. The summed E-state index contributed by atoms with van der Waals surface area (Å²) in [4.78, 5) is 4.22. The summed E-state index contributed by atoms with van der Waals surface area (Å²) in [6, 6.07) is 3.76. The average molecular weight is 231 g/mol. The maximum absolute atomic E-state index is 5.26. The quantitative estimate of drug-likeness (QED) is 0.552. The van der Waals surface area contributed by atoms with Gasteiger partial charge in [0.2, 0.25) is 0 Å². The molecule has 1 rings (SSSR count). The molecule has 0 unspecified atom stereocenters. The van der Waals surface area contributed by atoms with Gasteiger partial charge >= 0.3 is 0 Å². The van der Waals surface area contributed by atoms with E-state index >= 15 is 0 Å². The summed E-state index contributed by atoms with van der Waals surface area (Å²) >= 11 is 0. The monoisotopic (exact) mass is 231 g/mol. The van der Waals surface area contributed by atoms with E-state index in [0.29, 0.717) is 6.61 Å². The van der Waals surface area contributed by atoms with Crippen LogP contribution in [0.1, 0.15) is 18.1 Å². The lowest BCUT2D eigenvalue weighted by Gasteiger charge is -2.08. The lowest BCUT2D eigenvalue weighted by Crippen LogP contribution is -1.90. The Morgan fingerprint density at radius 3 is 2.47 bits per heavy atom. The Morgan fingerprint density at radius 1 is 1.24 bits per heavy atom. The van der Waals surface area contributed by atoms with Crippen molar-refractivity contribution < 1.29 is 9.47 Å². The van der Waals surface area contributed by atoms with Crippen LogP contribution in [-0.4, -0.2) is 20.1 Å². The second-order valence-electron chi connectivity index (χ2n) is 3.25. The molecule has 0 saturated carbocycles. The SMILES string of the molecule is C=Cc1cc(C=C)c(OC)cc1/N=C/OCC. The van der Waals surface area contributed by atoms with E-state index in [1.807, 2.05) is 19.1 Å².